The maximum atomic E-state index is 6.73. The number of hydrogen-bond donors (Lipinski definition) is 0. The summed E-state index contributed by atoms with van der Waals surface area (Å²) in [6.07, 6.45) is 1.69. The number of hydrogen-bond acceptors (Lipinski definition) is 4. The molecule has 0 amide bonds. The van der Waals surface area contributed by atoms with Crippen molar-refractivity contribution in [3.8, 4) is 51.0 Å². The molecule has 1 radical (unpaired) electrons. The molecule has 10 rings (SSSR count). The number of pyridine rings is 1. The molecule has 7 aromatic carbocycles. The van der Waals surface area contributed by atoms with Crippen LogP contribution in [-0.2, 0) is 20.1 Å². The zero-order chi connectivity index (χ0) is 40.3. The SMILES string of the molecule is CC(C)c1cc(-c2ccccc2)cc(C(C)C)c1-n1c(-c2[c-]ccc3c2oc2cc(-c4ccccc4)ccc23)nc2ccccc21.[Ir].[c-]1ccccc1Oc1ccccn1. The van der Waals surface area contributed by atoms with Gasteiger partial charge < -0.3 is 13.7 Å². The van der Waals surface area contributed by atoms with Crippen LogP contribution in [0.5, 0.6) is 11.6 Å². The van der Waals surface area contributed by atoms with Crippen molar-refractivity contribution < 1.29 is 29.3 Å². The van der Waals surface area contributed by atoms with E-state index in [4.69, 9.17) is 14.1 Å². The van der Waals surface area contributed by atoms with Crippen molar-refractivity contribution in [2.24, 2.45) is 0 Å². The Labute approximate surface area is 364 Å². The summed E-state index contributed by atoms with van der Waals surface area (Å²) in [7, 11) is 0. The summed E-state index contributed by atoms with van der Waals surface area (Å²) in [5.41, 5.74) is 13.1. The Morgan fingerprint density at radius 1 is 0.583 bits per heavy atom. The Bertz CT molecular complexity index is 2950. The Balaban J connectivity index is 0.000000304. The van der Waals surface area contributed by atoms with Crippen molar-refractivity contribution in [2.45, 2.75) is 39.5 Å². The molecule has 0 fully saturated rings. The fourth-order valence-corrected chi connectivity index (χ4v) is 7.71. The molecule has 10 aromatic rings. The van der Waals surface area contributed by atoms with Crippen molar-refractivity contribution in [3.05, 3.63) is 199 Å². The van der Waals surface area contributed by atoms with E-state index in [1.165, 1.54) is 33.5 Å². The van der Waals surface area contributed by atoms with Crippen molar-refractivity contribution in [1.82, 2.24) is 14.5 Å². The number of imidazole rings is 1. The van der Waals surface area contributed by atoms with E-state index in [1.807, 2.05) is 42.5 Å². The van der Waals surface area contributed by atoms with Gasteiger partial charge in [0.25, 0.3) is 0 Å². The normalized spacial score (nSPS) is 11.2. The standard InChI is InChI=1S/C43H35N2O.C11H8NO.Ir/c1-27(2)36-24-32(30-16-9-6-10-17-30)25-37(28(3)4)41(36)45-39-21-12-11-20-38(39)44-43(45)35-19-13-18-34-33-23-22-31(26-40(33)46-42(34)35)29-14-7-5-8-15-29;1-2-6-10(7-3-1)13-11-8-4-5-9-12-11;/h5-18,20-28H,1-4H3;1-6,8-9H;/q2*-1;. The molecule has 3 heterocycles. The Kier molecular flexibility index (Phi) is 11.9. The summed E-state index contributed by atoms with van der Waals surface area (Å²) in [5, 5.41) is 2.15. The van der Waals surface area contributed by atoms with Gasteiger partial charge in [-0.3, -0.25) is 4.98 Å². The molecule has 5 nitrogen and oxygen atoms in total. The largest absolute Gasteiger partial charge is 0.501 e. The Morgan fingerprint density at radius 2 is 1.25 bits per heavy atom. The summed E-state index contributed by atoms with van der Waals surface area (Å²) in [5.74, 6) is 2.68. The number of furan rings is 1. The van der Waals surface area contributed by atoms with Crippen molar-refractivity contribution in [3.63, 3.8) is 0 Å². The number of benzene rings is 7. The Morgan fingerprint density at radius 3 is 1.92 bits per heavy atom. The van der Waals surface area contributed by atoms with Crippen molar-refractivity contribution in [2.75, 3.05) is 0 Å². The second-order valence-corrected chi connectivity index (χ2v) is 15.2. The fourth-order valence-electron chi connectivity index (χ4n) is 7.71. The minimum Gasteiger partial charge on any atom is -0.501 e. The van der Waals surface area contributed by atoms with Gasteiger partial charge in [-0.25, -0.2) is 4.98 Å². The zero-order valence-corrected chi connectivity index (χ0v) is 36.3. The third-order valence-electron chi connectivity index (χ3n) is 10.6. The molecule has 297 valence electrons. The number of aromatic nitrogens is 3. The summed E-state index contributed by atoms with van der Waals surface area (Å²) in [6, 6.07) is 64.4. The van der Waals surface area contributed by atoms with Crippen LogP contribution in [0.1, 0.15) is 50.7 Å². The number of fused-ring (bicyclic) bond motifs is 4. The van der Waals surface area contributed by atoms with Gasteiger partial charge in [-0.15, -0.1) is 30.3 Å². The van der Waals surface area contributed by atoms with E-state index in [1.54, 1.807) is 18.3 Å². The summed E-state index contributed by atoms with van der Waals surface area (Å²) >= 11 is 0. The summed E-state index contributed by atoms with van der Waals surface area (Å²) < 4.78 is 14.5. The van der Waals surface area contributed by atoms with Crippen LogP contribution < -0.4 is 4.74 Å². The average Bonchev–Trinajstić information content (AvgIpc) is 3.86. The quantitative estimate of drug-likeness (QED) is 0.142. The Hall–Kier alpha value is -6.59. The minimum absolute atomic E-state index is 0. The molecule has 0 aliphatic heterocycles. The van der Waals surface area contributed by atoms with Crippen molar-refractivity contribution >= 4 is 33.0 Å². The van der Waals surface area contributed by atoms with Crippen LogP contribution in [0, 0.1) is 12.1 Å². The summed E-state index contributed by atoms with van der Waals surface area (Å²) in [6.45, 7) is 9.14. The van der Waals surface area contributed by atoms with Gasteiger partial charge in [0, 0.05) is 49.2 Å². The maximum Gasteiger partial charge on any atom is 0.216 e. The van der Waals surface area contributed by atoms with Crippen LogP contribution in [-0.4, -0.2) is 14.5 Å². The van der Waals surface area contributed by atoms with Gasteiger partial charge in [0.1, 0.15) is 5.58 Å². The van der Waals surface area contributed by atoms with Crippen LogP contribution in [0.4, 0.5) is 0 Å². The molecule has 0 aliphatic rings. The van der Waals surface area contributed by atoms with Crippen LogP contribution in [0.2, 0.25) is 0 Å². The van der Waals surface area contributed by atoms with E-state index in [9.17, 15) is 0 Å². The molecule has 3 aromatic heterocycles. The molecular formula is C54H43IrN3O2-2. The second kappa shape index (κ2) is 17.7. The van der Waals surface area contributed by atoms with E-state index in [-0.39, 0.29) is 31.9 Å². The van der Waals surface area contributed by atoms with Crippen LogP contribution in [0.15, 0.2) is 180 Å². The fraction of sp³-hybridized carbons (Fsp3) is 0.111. The molecular weight excluding hydrogens is 915 g/mol. The predicted molar refractivity (Wildman–Crippen MR) is 241 cm³/mol. The molecule has 0 spiro atoms. The molecule has 0 saturated heterocycles. The summed E-state index contributed by atoms with van der Waals surface area (Å²) in [4.78, 5) is 9.33. The van der Waals surface area contributed by atoms with Crippen molar-refractivity contribution in [1.29, 1.82) is 0 Å². The maximum absolute atomic E-state index is 6.73. The van der Waals surface area contributed by atoms with Gasteiger partial charge in [0.2, 0.25) is 5.88 Å². The van der Waals surface area contributed by atoms with E-state index in [0.29, 0.717) is 11.6 Å². The van der Waals surface area contributed by atoms with E-state index in [2.05, 4.69) is 165 Å². The second-order valence-electron chi connectivity index (χ2n) is 15.2. The minimum atomic E-state index is 0. The van der Waals surface area contributed by atoms with Gasteiger partial charge in [0.05, 0.1) is 22.4 Å². The van der Waals surface area contributed by atoms with E-state index < -0.39 is 0 Å². The zero-order valence-electron chi connectivity index (χ0n) is 33.9. The first-order chi connectivity index (χ1) is 28.9. The number of nitrogens with zero attached hydrogens (tertiary/aromatic N) is 3. The average molecular weight is 958 g/mol. The first kappa shape index (κ1) is 40.2. The number of para-hydroxylation sites is 3. The van der Waals surface area contributed by atoms with Crippen LogP contribution >= 0.6 is 0 Å². The molecule has 0 N–H and O–H groups in total. The van der Waals surface area contributed by atoms with E-state index >= 15 is 0 Å². The first-order valence-electron chi connectivity index (χ1n) is 20.1. The van der Waals surface area contributed by atoms with Gasteiger partial charge in [-0.05, 0) is 81.6 Å². The third kappa shape index (κ3) is 8.05. The van der Waals surface area contributed by atoms with Gasteiger partial charge in [0.15, 0.2) is 0 Å². The van der Waals surface area contributed by atoms with Crippen LogP contribution in [0.3, 0.4) is 0 Å². The van der Waals surface area contributed by atoms with Gasteiger partial charge in [-0.2, -0.15) is 18.2 Å². The van der Waals surface area contributed by atoms with E-state index in [0.717, 1.165) is 49.9 Å². The molecule has 0 bridgehead atoms. The third-order valence-corrected chi connectivity index (χ3v) is 10.6. The molecule has 0 aliphatic carbocycles. The smallest absolute Gasteiger partial charge is 0.216 e. The molecule has 0 unspecified atom stereocenters. The topological polar surface area (TPSA) is 53.1 Å². The van der Waals surface area contributed by atoms with Gasteiger partial charge >= 0.3 is 0 Å². The number of rotatable bonds is 8. The monoisotopic (exact) mass is 958 g/mol. The molecule has 0 atom stereocenters. The predicted octanol–water partition coefficient (Wildman–Crippen LogP) is 14.6. The molecule has 60 heavy (non-hydrogen) atoms. The number of ether oxygens (including phenoxy) is 1. The molecule has 0 saturated carbocycles. The van der Waals surface area contributed by atoms with Gasteiger partial charge in [-0.1, -0.05) is 130 Å². The first-order valence-corrected chi connectivity index (χ1v) is 20.1. The van der Waals surface area contributed by atoms with Crippen LogP contribution in [0.25, 0.3) is 72.3 Å². The molecule has 6 heteroatoms.